The lowest BCUT2D eigenvalue weighted by molar-refractivity contribution is -0.764. The highest BCUT2D eigenvalue weighted by Gasteiger charge is 2.51. The number of nitrogens with one attached hydrogen (secondary N) is 2. The van der Waals surface area contributed by atoms with Crippen LogP contribution >= 0.6 is 0 Å². The average Bonchev–Trinajstić information content (AvgIpc) is 3.28. The number of quaternary nitrogens is 1. The largest absolute Gasteiger partial charge is 0.479 e. The Morgan fingerprint density at radius 2 is 2.04 bits per heavy atom. The number of aliphatic carboxylic acids is 1. The first-order valence-electron chi connectivity index (χ1n) is 7.87. The van der Waals surface area contributed by atoms with Crippen molar-refractivity contribution in [2.24, 2.45) is 5.10 Å². The number of benzene rings is 1. The summed E-state index contributed by atoms with van der Waals surface area (Å²) in [5.74, 6) is -0.870. The molecule has 1 aromatic heterocycles. The normalized spacial score (nSPS) is 20.7. The van der Waals surface area contributed by atoms with Crippen LogP contribution in [0.25, 0.3) is 0 Å². The lowest BCUT2D eigenvalue weighted by Crippen LogP contribution is -2.56. The maximum Gasteiger partial charge on any atom is 0.453 e. The Hall–Kier alpha value is -3.46. The summed E-state index contributed by atoms with van der Waals surface area (Å²) in [7, 11) is 0. The van der Waals surface area contributed by atoms with Crippen LogP contribution in [0.3, 0.4) is 0 Å². The third-order valence-corrected chi connectivity index (χ3v) is 3.96. The molecule has 1 aromatic carbocycles. The zero-order valence-corrected chi connectivity index (χ0v) is 13.7. The SMILES string of the molecule is O=C(O)C(NC(=O)[N+]1(N=Cc2ccco2)CCNC1=O)c1ccccc1. The summed E-state index contributed by atoms with van der Waals surface area (Å²) in [5, 5.41) is 18.5. The van der Waals surface area contributed by atoms with Crippen LogP contribution in [-0.2, 0) is 4.79 Å². The Balaban J connectivity index is 1.88. The molecule has 3 rings (SSSR count). The van der Waals surface area contributed by atoms with Crippen LogP contribution in [0.15, 0.2) is 58.2 Å². The van der Waals surface area contributed by atoms with Gasteiger partial charge in [-0.1, -0.05) is 35.4 Å². The van der Waals surface area contributed by atoms with Gasteiger partial charge >= 0.3 is 18.0 Å². The van der Waals surface area contributed by atoms with Crippen LogP contribution in [0.2, 0.25) is 0 Å². The van der Waals surface area contributed by atoms with Gasteiger partial charge in [0.25, 0.3) is 0 Å². The molecule has 26 heavy (non-hydrogen) atoms. The molecule has 1 aliphatic rings. The van der Waals surface area contributed by atoms with Crippen LogP contribution in [-0.4, -0.2) is 47.0 Å². The Bertz CT molecular complexity index is 834. The first kappa shape index (κ1) is 17.4. The molecule has 2 aromatic rings. The second kappa shape index (κ2) is 7.19. The van der Waals surface area contributed by atoms with Gasteiger partial charge in [0.1, 0.15) is 18.5 Å². The first-order chi connectivity index (χ1) is 12.5. The summed E-state index contributed by atoms with van der Waals surface area (Å²) in [6, 6.07) is 8.73. The number of carbonyl (C=O) groups is 3. The molecule has 134 valence electrons. The molecule has 0 radical (unpaired) electrons. The van der Waals surface area contributed by atoms with E-state index in [4.69, 9.17) is 4.42 Å². The highest BCUT2D eigenvalue weighted by molar-refractivity contribution is 5.88. The maximum atomic E-state index is 12.8. The number of carboxylic acids is 1. The average molecular weight is 357 g/mol. The van der Waals surface area contributed by atoms with Gasteiger partial charge in [-0.25, -0.2) is 14.4 Å². The van der Waals surface area contributed by atoms with E-state index in [-0.39, 0.29) is 13.1 Å². The summed E-state index contributed by atoms with van der Waals surface area (Å²) < 4.78 is 4.19. The van der Waals surface area contributed by atoms with Gasteiger partial charge in [0, 0.05) is 0 Å². The van der Waals surface area contributed by atoms with Crippen molar-refractivity contribution in [3.05, 3.63) is 60.1 Å². The van der Waals surface area contributed by atoms with E-state index in [1.54, 1.807) is 42.5 Å². The van der Waals surface area contributed by atoms with Crippen molar-refractivity contribution in [3.8, 4) is 0 Å². The molecule has 2 atom stereocenters. The van der Waals surface area contributed by atoms with Gasteiger partial charge < -0.3 is 9.52 Å². The van der Waals surface area contributed by atoms with E-state index < -0.39 is 28.7 Å². The van der Waals surface area contributed by atoms with Gasteiger partial charge in [0.05, 0.1) is 12.8 Å². The zero-order chi connectivity index (χ0) is 18.6. The first-order valence-corrected chi connectivity index (χ1v) is 7.87. The number of nitrogens with zero attached hydrogens (tertiary/aromatic N) is 2. The fourth-order valence-electron chi connectivity index (χ4n) is 2.60. The molecule has 0 bridgehead atoms. The third kappa shape index (κ3) is 3.33. The van der Waals surface area contributed by atoms with Crippen LogP contribution in [0.5, 0.6) is 0 Å². The van der Waals surface area contributed by atoms with Gasteiger partial charge in [-0.3, -0.25) is 10.6 Å². The highest BCUT2D eigenvalue weighted by Crippen LogP contribution is 2.19. The topological polar surface area (TPSA) is 121 Å². The van der Waals surface area contributed by atoms with E-state index in [0.717, 1.165) is 0 Å². The minimum atomic E-state index is -1.30. The lowest BCUT2D eigenvalue weighted by Gasteiger charge is -2.22. The number of amides is 4. The van der Waals surface area contributed by atoms with E-state index >= 15 is 0 Å². The number of hydrogen-bond acceptors (Lipinski definition) is 5. The summed E-state index contributed by atoms with van der Waals surface area (Å²) in [5.41, 5.74) is 0.390. The van der Waals surface area contributed by atoms with Crippen LogP contribution in [0, 0.1) is 0 Å². The third-order valence-electron chi connectivity index (χ3n) is 3.96. The molecule has 0 aliphatic carbocycles. The van der Waals surface area contributed by atoms with Crippen molar-refractivity contribution >= 4 is 24.2 Å². The Labute approximate surface area is 148 Å². The Morgan fingerprint density at radius 1 is 1.27 bits per heavy atom. The van der Waals surface area contributed by atoms with Crippen molar-refractivity contribution in [2.75, 3.05) is 13.1 Å². The predicted molar refractivity (Wildman–Crippen MR) is 90.2 cm³/mol. The van der Waals surface area contributed by atoms with Crippen LogP contribution < -0.4 is 10.6 Å². The fraction of sp³-hybridized carbons (Fsp3) is 0.176. The maximum absolute atomic E-state index is 12.8. The van der Waals surface area contributed by atoms with Crippen molar-refractivity contribution in [1.29, 1.82) is 0 Å². The molecular formula is C17H17N4O5+. The van der Waals surface area contributed by atoms with Gasteiger partial charge in [0.15, 0.2) is 6.04 Å². The number of urea groups is 2. The second-order valence-corrected chi connectivity index (χ2v) is 5.62. The van der Waals surface area contributed by atoms with Crippen molar-refractivity contribution in [3.63, 3.8) is 0 Å². The number of hydrogen-bond donors (Lipinski definition) is 3. The lowest BCUT2D eigenvalue weighted by atomic mass is 10.1. The summed E-state index contributed by atoms with van der Waals surface area (Å²) in [6.45, 7) is 0.299. The molecular weight excluding hydrogens is 340 g/mol. The molecule has 2 unspecified atom stereocenters. The molecule has 1 aliphatic heterocycles. The molecule has 2 heterocycles. The van der Waals surface area contributed by atoms with E-state index in [9.17, 15) is 19.5 Å². The van der Waals surface area contributed by atoms with E-state index in [1.807, 2.05) is 0 Å². The second-order valence-electron chi connectivity index (χ2n) is 5.62. The van der Waals surface area contributed by atoms with Gasteiger partial charge in [-0.05, 0) is 22.3 Å². The molecule has 3 N–H and O–H groups in total. The fourth-order valence-corrected chi connectivity index (χ4v) is 2.60. The van der Waals surface area contributed by atoms with Gasteiger partial charge in [-0.2, -0.15) is 0 Å². The smallest absolute Gasteiger partial charge is 0.453 e. The molecule has 0 spiro atoms. The molecule has 9 nitrogen and oxygen atoms in total. The Kier molecular flexibility index (Phi) is 4.81. The minimum absolute atomic E-state index is 0.0585. The van der Waals surface area contributed by atoms with Gasteiger partial charge in [0.2, 0.25) is 0 Å². The van der Waals surface area contributed by atoms with Gasteiger partial charge in [-0.15, -0.1) is 0 Å². The number of carboxylic acid groups (broad SMARTS) is 1. The van der Waals surface area contributed by atoms with Crippen molar-refractivity contribution in [2.45, 2.75) is 6.04 Å². The standard InChI is InChI=1S/C17H16N4O5/c22-15(23)14(12-5-2-1-3-6-12)20-17(25)21(9-8-18-16(21)24)19-11-13-7-4-10-26-13/h1-7,10-11,14H,8-9H2,(H2-,18,20,22,23,24,25)/p+1. The molecule has 9 heteroatoms. The van der Waals surface area contributed by atoms with Crippen molar-refractivity contribution < 1.29 is 28.5 Å². The molecule has 1 saturated heterocycles. The number of furan rings is 1. The summed E-state index contributed by atoms with van der Waals surface area (Å²) in [4.78, 5) is 36.7. The Morgan fingerprint density at radius 3 is 2.62 bits per heavy atom. The number of rotatable bonds is 5. The summed E-state index contributed by atoms with van der Waals surface area (Å²) in [6.07, 6.45) is 2.70. The summed E-state index contributed by atoms with van der Waals surface area (Å²) >= 11 is 0. The van der Waals surface area contributed by atoms with Crippen LogP contribution in [0.4, 0.5) is 9.59 Å². The van der Waals surface area contributed by atoms with E-state index in [2.05, 4.69) is 15.7 Å². The quantitative estimate of drug-likeness (QED) is 0.555. The highest BCUT2D eigenvalue weighted by atomic mass is 16.4. The zero-order valence-electron chi connectivity index (χ0n) is 13.7. The molecule has 0 saturated carbocycles. The number of imide groups is 1. The minimum Gasteiger partial charge on any atom is -0.479 e. The number of carbonyl (C=O) groups excluding carboxylic acids is 2. The monoisotopic (exact) mass is 357 g/mol. The molecule has 4 amide bonds. The van der Waals surface area contributed by atoms with Crippen molar-refractivity contribution in [1.82, 2.24) is 10.6 Å². The predicted octanol–water partition coefficient (Wildman–Crippen LogP) is 1.69. The van der Waals surface area contributed by atoms with E-state index in [1.165, 1.54) is 12.5 Å². The van der Waals surface area contributed by atoms with Crippen LogP contribution in [0.1, 0.15) is 17.4 Å². The molecule has 1 fully saturated rings. The van der Waals surface area contributed by atoms with E-state index in [0.29, 0.717) is 11.3 Å².